The van der Waals surface area contributed by atoms with Crippen LogP contribution in [0.1, 0.15) is 54.5 Å². The van der Waals surface area contributed by atoms with Gasteiger partial charge in [0.25, 0.3) is 5.56 Å². The Hall–Kier alpha value is -6.38. The molecule has 342 valence electrons. The zero-order valence-corrected chi connectivity index (χ0v) is 36.0. The minimum atomic E-state index is -4.40. The molecule has 0 aliphatic rings. The van der Waals surface area contributed by atoms with Crippen molar-refractivity contribution in [2.45, 2.75) is 68.9 Å². The number of carbonyl (C=O) groups is 4. The number of alkyl halides is 3. The summed E-state index contributed by atoms with van der Waals surface area (Å²) >= 11 is 1.30. The van der Waals surface area contributed by atoms with Crippen molar-refractivity contribution in [3.05, 3.63) is 135 Å². The van der Waals surface area contributed by atoms with Crippen LogP contribution in [-0.4, -0.2) is 105 Å². The zero-order valence-electron chi connectivity index (χ0n) is 35.2. The molecule has 0 saturated heterocycles. The molecular weight excluding hydrogens is 865 g/mol. The summed E-state index contributed by atoms with van der Waals surface area (Å²) in [6, 6.07) is 18.6. The van der Waals surface area contributed by atoms with Crippen LogP contribution < -0.4 is 5.56 Å². The highest BCUT2D eigenvalue weighted by atomic mass is 32.2. The van der Waals surface area contributed by atoms with Crippen LogP contribution in [0.15, 0.2) is 101 Å². The Morgan fingerprint density at radius 1 is 0.781 bits per heavy atom. The van der Waals surface area contributed by atoms with Crippen LogP contribution in [0.5, 0.6) is 0 Å². The molecule has 4 N–H and O–H groups in total. The third kappa shape index (κ3) is 15.2. The number of hydrogen-bond donors (Lipinski definition) is 4. The molecule has 20 heteroatoms. The van der Waals surface area contributed by atoms with Gasteiger partial charge < -0.3 is 34.8 Å². The number of thioether (sulfide) groups is 1. The van der Waals surface area contributed by atoms with Gasteiger partial charge in [0.1, 0.15) is 12.4 Å². The first kappa shape index (κ1) is 50.3. The number of aliphatic hydroxyl groups is 1. The summed E-state index contributed by atoms with van der Waals surface area (Å²) < 4.78 is 56.1. The van der Waals surface area contributed by atoms with Gasteiger partial charge in [-0.2, -0.15) is 23.3 Å². The van der Waals surface area contributed by atoms with Gasteiger partial charge in [-0.05, 0) is 65.2 Å². The molecule has 0 radical (unpaired) electrons. The van der Waals surface area contributed by atoms with Crippen LogP contribution in [0, 0.1) is 5.82 Å². The third-order valence-electron chi connectivity index (χ3n) is 9.86. The first-order valence-electron chi connectivity index (χ1n) is 19.8. The van der Waals surface area contributed by atoms with E-state index in [1.807, 2.05) is 30.5 Å². The van der Waals surface area contributed by atoms with Crippen molar-refractivity contribution >= 4 is 35.6 Å². The van der Waals surface area contributed by atoms with Gasteiger partial charge in [-0.3, -0.25) is 23.9 Å². The summed E-state index contributed by atoms with van der Waals surface area (Å²) in [5.74, 6) is -5.12. The Morgan fingerprint density at radius 2 is 1.34 bits per heavy atom. The van der Waals surface area contributed by atoms with E-state index in [-0.39, 0.29) is 18.3 Å². The van der Waals surface area contributed by atoms with Crippen LogP contribution in [0.4, 0.5) is 17.6 Å². The number of aryl methyl sites for hydroxylation is 1. The average Bonchev–Trinajstić information content (AvgIpc) is 3.65. The molecule has 64 heavy (non-hydrogen) atoms. The van der Waals surface area contributed by atoms with Crippen molar-refractivity contribution in [3.8, 4) is 11.1 Å². The van der Waals surface area contributed by atoms with Gasteiger partial charge in [-0.15, -0.1) is 0 Å². The lowest BCUT2D eigenvalue weighted by atomic mass is 9.96. The Bertz CT molecular complexity index is 2410. The van der Waals surface area contributed by atoms with E-state index in [0.717, 1.165) is 47.5 Å². The van der Waals surface area contributed by atoms with Gasteiger partial charge in [0.05, 0.1) is 24.6 Å². The normalized spacial score (nSPS) is 11.5. The predicted octanol–water partition coefficient (Wildman–Crippen LogP) is 5.81. The maximum Gasteiger partial charge on any atom is 0.416 e. The van der Waals surface area contributed by atoms with Gasteiger partial charge in [0.15, 0.2) is 10.8 Å². The van der Waals surface area contributed by atoms with Crippen LogP contribution >= 0.6 is 11.8 Å². The lowest BCUT2D eigenvalue weighted by Gasteiger charge is -2.27. The third-order valence-corrected chi connectivity index (χ3v) is 10.9. The van der Waals surface area contributed by atoms with E-state index in [2.05, 4.69) is 28.8 Å². The molecule has 1 amide bonds. The molecule has 3 aromatic carbocycles. The Morgan fingerprint density at radius 3 is 1.84 bits per heavy atom. The van der Waals surface area contributed by atoms with Crippen molar-refractivity contribution < 1.29 is 57.2 Å². The number of nitrogens with zero attached hydrogens (tertiary/aromatic N) is 6. The van der Waals surface area contributed by atoms with E-state index in [0.29, 0.717) is 48.1 Å². The van der Waals surface area contributed by atoms with Gasteiger partial charge >= 0.3 is 24.1 Å². The number of halogens is 4. The summed E-state index contributed by atoms with van der Waals surface area (Å²) in [5.41, 5.74) is 0.544. The summed E-state index contributed by atoms with van der Waals surface area (Å²) in [6.07, 6.45) is -1.20. The van der Waals surface area contributed by atoms with Crippen molar-refractivity contribution in [1.29, 1.82) is 0 Å². The average molecular weight is 913 g/mol. The molecule has 0 unspecified atom stereocenters. The van der Waals surface area contributed by atoms with Crippen molar-refractivity contribution in [2.24, 2.45) is 7.05 Å². The number of rotatable bonds is 20. The number of aliphatic carboxylic acids is 3. The lowest BCUT2D eigenvalue weighted by Crippen LogP contribution is -2.42. The number of likely N-dealkylation sites (N-methyl/N-ethyl adjacent to an activating group) is 1. The van der Waals surface area contributed by atoms with Gasteiger partial charge in [-0.25, -0.2) is 9.18 Å². The topological polar surface area (TPSA) is 208 Å². The van der Waals surface area contributed by atoms with E-state index in [1.54, 1.807) is 45.7 Å². The number of hydrogen-bond acceptors (Lipinski definition) is 10. The summed E-state index contributed by atoms with van der Waals surface area (Å²) in [6.45, 7) is 7.13. The molecule has 0 aliphatic heterocycles. The highest BCUT2D eigenvalue weighted by Crippen LogP contribution is 2.31. The van der Waals surface area contributed by atoms with Crippen LogP contribution in [0.2, 0.25) is 0 Å². The summed E-state index contributed by atoms with van der Waals surface area (Å²) in [5, 5.41) is 38.4. The fourth-order valence-corrected chi connectivity index (χ4v) is 7.23. The number of carboxylic acids is 3. The van der Waals surface area contributed by atoms with Crippen molar-refractivity contribution in [1.82, 2.24) is 29.1 Å². The number of amides is 1. The van der Waals surface area contributed by atoms with Crippen LogP contribution in [-0.2, 0) is 57.7 Å². The lowest BCUT2D eigenvalue weighted by molar-refractivity contribution is -0.170. The minimum Gasteiger partial charge on any atom is -0.481 e. The number of carboxylic acid groups (broad SMARTS) is 3. The molecule has 2 heterocycles. The maximum absolute atomic E-state index is 14.2. The van der Waals surface area contributed by atoms with E-state index in [4.69, 9.17) is 20.4 Å². The summed E-state index contributed by atoms with van der Waals surface area (Å²) in [4.78, 5) is 66.2. The van der Waals surface area contributed by atoms with Crippen molar-refractivity contribution in [2.75, 3.05) is 26.2 Å². The molecule has 0 saturated carbocycles. The molecule has 0 atom stereocenters. The molecule has 0 bridgehead atoms. The molecule has 0 spiro atoms. The minimum absolute atomic E-state index is 0.0685. The number of carbonyl (C=O) groups excluding carboxylic acids is 1. The molecule has 5 aromatic rings. The van der Waals surface area contributed by atoms with Crippen molar-refractivity contribution in [3.63, 3.8) is 0 Å². The van der Waals surface area contributed by atoms with Gasteiger partial charge in [0.2, 0.25) is 5.91 Å². The molecular formula is C44H48F4N6O9S. The largest absolute Gasteiger partial charge is 0.481 e. The smallest absolute Gasteiger partial charge is 0.416 e. The molecule has 0 fully saturated rings. The number of benzene rings is 3. The van der Waals surface area contributed by atoms with Crippen LogP contribution in [0.25, 0.3) is 11.1 Å². The second kappa shape index (κ2) is 22.8. The maximum atomic E-state index is 14.2. The van der Waals surface area contributed by atoms with E-state index in [1.165, 1.54) is 36.0 Å². The monoisotopic (exact) mass is 912 g/mol. The quantitative estimate of drug-likeness (QED) is 0.0414. The number of aromatic nitrogens is 4. The zero-order chi connectivity index (χ0) is 47.2. The van der Waals surface area contributed by atoms with Crippen LogP contribution in [0.3, 0.4) is 0 Å². The molecule has 2 aromatic heterocycles. The first-order valence-corrected chi connectivity index (χ1v) is 20.8. The molecule has 0 aliphatic carbocycles. The summed E-state index contributed by atoms with van der Waals surface area (Å²) in [7, 11) is 1.79. The van der Waals surface area contributed by atoms with E-state index >= 15 is 0 Å². The molecule has 5 rings (SSSR count). The highest BCUT2D eigenvalue weighted by molar-refractivity contribution is 7.98. The first-order chi connectivity index (χ1) is 30.2. The van der Waals surface area contributed by atoms with E-state index in [9.17, 15) is 41.5 Å². The van der Waals surface area contributed by atoms with Gasteiger partial charge in [-0.1, -0.05) is 74.1 Å². The highest BCUT2D eigenvalue weighted by Gasteiger charge is 2.40. The Kier molecular flexibility index (Phi) is 17.9. The van der Waals surface area contributed by atoms with Gasteiger partial charge in [0, 0.05) is 56.8 Å². The Balaban J connectivity index is 0.000000598. The second-order valence-corrected chi connectivity index (χ2v) is 15.6. The Labute approximate surface area is 369 Å². The fourth-order valence-electron chi connectivity index (χ4n) is 6.31. The second-order valence-electron chi connectivity index (χ2n) is 14.7. The standard InChI is InChI=1S/C38H40F4N6O2S.C6H8O7/c1-4-46(5-2)18-19-47(23-27-6-10-30(11-7-27)31-12-14-33(15-13-31)38(40,41)42)35(49)25-48-24-32(20-29-21-43-45(3)22-29)36(50)44-37(48)51-26-28-8-16-34(39)17-9-28;7-3(8)1-6(13,5(11)12)2-4(9)10/h6-17,21-22,24H,4-5,18-20,23,25-26H2,1-3H3;13H,1-2H2,(H,7,8)(H,9,10)(H,11,12). The van der Waals surface area contributed by atoms with E-state index < -0.39 is 53.6 Å². The fraction of sp³-hybridized carbons (Fsp3) is 0.341. The molecule has 15 nitrogen and oxygen atoms in total. The predicted molar refractivity (Wildman–Crippen MR) is 228 cm³/mol. The SMILES string of the molecule is CCN(CC)CCN(Cc1ccc(-c2ccc(C(F)(F)F)cc2)cc1)C(=O)Cn1cc(Cc2cnn(C)c2)c(=O)nc1SCc1ccc(F)cc1.O=C(O)CC(O)(CC(=O)O)C(=O)O.